The molecular weight excluding hydrogens is 202 g/mol. The molecule has 0 bridgehead atoms. The summed E-state index contributed by atoms with van der Waals surface area (Å²) >= 11 is 0. The van der Waals surface area contributed by atoms with Gasteiger partial charge in [0, 0.05) is 12.3 Å². The lowest BCUT2D eigenvalue weighted by Gasteiger charge is -2.23. The van der Waals surface area contributed by atoms with Crippen molar-refractivity contribution < 1.29 is 4.42 Å². The second kappa shape index (κ2) is 5.43. The highest BCUT2D eigenvalue weighted by Gasteiger charge is 2.24. The van der Waals surface area contributed by atoms with Crippen LogP contribution < -0.4 is 5.73 Å². The molecule has 1 aromatic heterocycles. The first-order valence-electron chi connectivity index (χ1n) is 6.32. The normalized spacial score (nSPS) is 25.9. The Hall–Kier alpha value is -0.900. The van der Waals surface area contributed by atoms with Gasteiger partial charge in [-0.2, -0.15) is 0 Å². The van der Waals surface area contributed by atoms with E-state index in [1.165, 1.54) is 25.7 Å². The van der Waals surface area contributed by atoms with E-state index in [1.54, 1.807) is 0 Å². The molecule has 1 aliphatic carbocycles. The standard InChI is InChI=1S/C12H21N3O/c1-9-4-6-10(7-5-9)12-15-14-11(16-12)3-2-8-13/h9-10H,2-8,13H2,1H3. The van der Waals surface area contributed by atoms with Crippen LogP contribution in [0.15, 0.2) is 4.42 Å². The Bertz CT molecular complexity index is 316. The maximum absolute atomic E-state index is 5.68. The average molecular weight is 223 g/mol. The van der Waals surface area contributed by atoms with Crippen LogP contribution in [0.4, 0.5) is 0 Å². The summed E-state index contributed by atoms with van der Waals surface area (Å²) < 4.78 is 5.68. The first kappa shape index (κ1) is 11.6. The number of nitrogens with two attached hydrogens (primary N) is 1. The summed E-state index contributed by atoms with van der Waals surface area (Å²) in [5.74, 6) is 2.95. The zero-order chi connectivity index (χ0) is 11.4. The third-order valence-corrected chi connectivity index (χ3v) is 3.44. The highest BCUT2D eigenvalue weighted by molar-refractivity contribution is 4.94. The average Bonchev–Trinajstić information content (AvgIpc) is 2.76. The molecule has 4 nitrogen and oxygen atoms in total. The number of nitrogens with zero attached hydrogens (tertiary/aromatic N) is 2. The van der Waals surface area contributed by atoms with Crippen molar-refractivity contribution in [1.82, 2.24) is 10.2 Å². The first-order valence-corrected chi connectivity index (χ1v) is 6.32. The number of aromatic nitrogens is 2. The molecule has 0 aliphatic heterocycles. The summed E-state index contributed by atoms with van der Waals surface area (Å²) in [7, 11) is 0. The predicted molar refractivity (Wildman–Crippen MR) is 62.0 cm³/mol. The van der Waals surface area contributed by atoms with Crippen LogP contribution in [0.1, 0.15) is 56.7 Å². The van der Waals surface area contributed by atoms with Gasteiger partial charge in [0.25, 0.3) is 0 Å². The number of hydrogen-bond donors (Lipinski definition) is 1. The molecule has 2 rings (SSSR count). The molecule has 1 aromatic rings. The van der Waals surface area contributed by atoms with Crippen LogP contribution in [0.3, 0.4) is 0 Å². The highest BCUT2D eigenvalue weighted by Crippen LogP contribution is 2.34. The van der Waals surface area contributed by atoms with E-state index < -0.39 is 0 Å². The van der Waals surface area contributed by atoms with Crippen molar-refractivity contribution in [2.24, 2.45) is 11.7 Å². The lowest BCUT2D eigenvalue weighted by molar-refractivity contribution is 0.302. The predicted octanol–water partition coefficient (Wildman–Crippen LogP) is 2.25. The minimum Gasteiger partial charge on any atom is -0.425 e. The van der Waals surface area contributed by atoms with Crippen LogP contribution in [0.5, 0.6) is 0 Å². The lowest BCUT2D eigenvalue weighted by Crippen LogP contribution is -2.11. The number of aryl methyl sites for hydroxylation is 1. The van der Waals surface area contributed by atoms with Crippen LogP contribution in [0, 0.1) is 5.92 Å². The van der Waals surface area contributed by atoms with Gasteiger partial charge in [-0.25, -0.2) is 0 Å². The Labute approximate surface area is 96.6 Å². The molecule has 0 amide bonds. The van der Waals surface area contributed by atoms with E-state index in [1.807, 2.05) is 0 Å². The molecule has 1 aliphatic rings. The summed E-state index contributed by atoms with van der Waals surface area (Å²) in [5, 5.41) is 8.24. The van der Waals surface area contributed by atoms with E-state index in [2.05, 4.69) is 17.1 Å². The zero-order valence-electron chi connectivity index (χ0n) is 9.98. The molecule has 0 spiro atoms. The van der Waals surface area contributed by atoms with Gasteiger partial charge >= 0.3 is 0 Å². The minimum atomic E-state index is 0.496. The molecule has 1 heterocycles. The number of rotatable bonds is 4. The Kier molecular flexibility index (Phi) is 3.93. The topological polar surface area (TPSA) is 64.9 Å². The van der Waals surface area contributed by atoms with Gasteiger partial charge in [-0.3, -0.25) is 0 Å². The molecule has 0 atom stereocenters. The molecule has 4 heteroatoms. The molecule has 90 valence electrons. The lowest BCUT2D eigenvalue weighted by atomic mass is 9.83. The molecule has 2 N–H and O–H groups in total. The van der Waals surface area contributed by atoms with Crippen LogP contribution in [0.2, 0.25) is 0 Å². The molecule has 1 fully saturated rings. The van der Waals surface area contributed by atoms with Crippen LogP contribution >= 0.6 is 0 Å². The van der Waals surface area contributed by atoms with Gasteiger partial charge in [-0.05, 0) is 44.6 Å². The second-order valence-electron chi connectivity index (χ2n) is 4.88. The third-order valence-electron chi connectivity index (χ3n) is 3.44. The van der Waals surface area contributed by atoms with Gasteiger partial charge in [0.1, 0.15) is 0 Å². The Morgan fingerprint density at radius 3 is 2.69 bits per heavy atom. The Morgan fingerprint density at radius 1 is 1.25 bits per heavy atom. The van der Waals surface area contributed by atoms with Crippen molar-refractivity contribution in [3.8, 4) is 0 Å². The summed E-state index contributed by atoms with van der Waals surface area (Å²) in [6.07, 6.45) is 6.69. The van der Waals surface area contributed by atoms with E-state index in [0.29, 0.717) is 12.5 Å². The summed E-state index contributed by atoms with van der Waals surface area (Å²) in [4.78, 5) is 0. The Balaban J connectivity index is 1.91. The fourth-order valence-corrected chi connectivity index (χ4v) is 2.29. The van der Waals surface area contributed by atoms with Crippen LogP contribution in [0.25, 0.3) is 0 Å². The summed E-state index contributed by atoms with van der Waals surface area (Å²) in [6.45, 7) is 3.00. The largest absolute Gasteiger partial charge is 0.425 e. The smallest absolute Gasteiger partial charge is 0.219 e. The first-order chi connectivity index (χ1) is 7.79. The van der Waals surface area contributed by atoms with Gasteiger partial charge in [0.05, 0.1) is 0 Å². The van der Waals surface area contributed by atoms with Gasteiger partial charge < -0.3 is 10.2 Å². The Morgan fingerprint density at radius 2 is 2.00 bits per heavy atom. The quantitative estimate of drug-likeness (QED) is 0.850. The molecule has 0 aromatic carbocycles. The van der Waals surface area contributed by atoms with E-state index in [0.717, 1.165) is 30.5 Å². The fourth-order valence-electron chi connectivity index (χ4n) is 2.29. The number of hydrogen-bond acceptors (Lipinski definition) is 4. The third kappa shape index (κ3) is 2.82. The van der Waals surface area contributed by atoms with E-state index in [9.17, 15) is 0 Å². The van der Waals surface area contributed by atoms with Crippen molar-refractivity contribution in [2.75, 3.05) is 6.54 Å². The SMILES string of the molecule is CC1CCC(c2nnc(CCCN)o2)CC1. The van der Waals surface area contributed by atoms with Crippen molar-refractivity contribution in [3.05, 3.63) is 11.8 Å². The van der Waals surface area contributed by atoms with Crippen LogP contribution in [-0.2, 0) is 6.42 Å². The maximum Gasteiger partial charge on any atom is 0.219 e. The van der Waals surface area contributed by atoms with Crippen molar-refractivity contribution in [2.45, 2.75) is 51.4 Å². The van der Waals surface area contributed by atoms with E-state index >= 15 is 0 Å². The molecule has 0 radical (unpaired) electrons. The second-order valence-corrected chi connectivity index (χ2v) is 4.88. The minimum absolute atomic E-state index is 0.496. The molecule has 0 saturated heterocycles. The van der Waals surface area contributed by atoms with E-state index in [-0.39, 0.29) is 0 Å². The summed E-state index contributed by atoms with van der Waals surface area (Å²) in [5.41, 5.74) is 5.45. The highest BCUT2D eigenvalue weighted by atomic mass is 16.4. The zero-order valence-corrected chi connectivity index (χ0v) is 9.98. The van der Waals surface area contributed by atoms with Crippen molar-refractivity contribution >= 4 is 0 Å². The molecule has 0 unspecified atom stereocenters. The van der Waals surface area contributed by atoms with Gasteiger partial charge in [0.2, 0.25) is 11.8 Å². The maximum atomic E-state index is 5.68. The fraction of sp³-hybridized carbons (Fsp3) is 0.833. The summed E-state index contributed by atoms with van der Waals surface area (Å²) in [6, 6.07) is 0. The van der Waals surface area contributed by atoms with E-state index in [4.69, 9.17) is 10.2 Å². The monoisotopic (exact) mass is 223 g/mol. The van der Waals surface area contributed by atoms with Crippen LogP contribution in [-0.4, -0.2) is 16.7 Å². The molecule has 16 heavy (non-hydrogen) atoms. The molecule has 1 saturated carbocycles. The van der Waals surface area contributed by atoms with Gasteiger partial charge in [-0.1, -0.05) is 6.92 Å². The molecular formula is C12H21N3O. The van der Waals surface area contributed by atoms with Gasteiger partial charge in [0.15, 0.2) is 0 Å². The van der Waals surface area contributed by atoms with Crippen molar-refractivity contribution in [3.63, 3.8) is 0 Å². The van der Waals surface area contributed by atoms with Gasteiger partial charge in [-0.15, -0.1) is 10.2 Å². The van der Waals surface area contributed by atoms with Crippen molar-refractivity contribution in [1.29, 1.82) is 0 Å².